The molecule has 0 spiro atoms. The largest absolute Gasteiger partial charge is 0.309 e. The molecule has 0 atom stereocenters. The Morgan fingerprint density at radius 3 is 1.00 bits per heavy atom. The minimum Gasteiger partial charge on any atom is -0.309 e. The van der Waals surface area contributed by atoms with E-state index in [-0.39, 0.29) is 10.8 Å². The standard InChI is InChI=1S/C72H50N2/c1-71(2)63-25-15-13-23-53(63)57-39-61-59-37-45(29-33-67(59)73(69(61)41-65(57)71)47-17-7-5-8-18-47)43-27-31-51-49-21-11-12-22-50(49)52-32-28-44(36-56(52)55(51)35-43)46-30-34-68-60(38-46)62-40-58-54-24-14-16-26-64(54)72(3,4)66(58)42-70(62)74(68)48-19-9-6-10-20-48/h5-42H,1-4H3. The second kappa shape index (κ2) is 14.8. The molecule has 0 saturated carbocycles. The molecule has 16 rings (SSSR count). The summed E-state index contributed by atoms with van der Waals surface area (Å²) >= 11 is 0. The summed E-state index contributed by atoms with van der Waals surface area (Å²) in [4.78, 5) is 0. The minimum atomic E-state index is -0.0954. The Bertz CT molecular complexity index is 4450. The highest BCUT2D eigenvalue weighted by atomic mass is 15.0. The molecule has 2 heterocycles. The Morgan fingerprint density at radius 2 is 0.568 bits per heavy atom. The fraction of sp³-hybridized carbons (Fsp3) is 0.0833. The van der Waals surface area contributed by atoms with Crippen molar-refractivity contribution >= 4 is 75.9 Å². The predicted octanol–water partition coefficient (Wildman–Crippen LogP) is 19.3. The molecule has 2 aliphatic carbocycles. The van der Waals surface area contributed by atoms with Crippen molar-refractivity contribution in [3.05, 3.63) is 253 Å². The Morgan fingerprint density at radius 1 is 0.230 bits per heavy atom. The monoisotopic (exact) mass is 942 g/mol. The van der Waals surface area contributed by atoms with Gasteiger partial charge in [-0.1, -0.05) is 173 Å². The number of aromatic nitrogens is 2. The zero-order valence-corrected chi connectivity index (χ0v) is 41.8. The topological polar surface area (TPSA) is 9.86 Å². The molecular formula is C72H50N2. The predicted molar refractivity (Wildman–Crippen MR) is 314 cm³/mol. The average Bonchev–Trinajstić information content (AvgIpc) is 4.12. The van der Waals surface area contributed by atoms with Crippen LogP contribution in [0.1, 0.15) is 49.9 Å². The minimum absolute atomic E-state index is 0.0954. The molecule has 2 heteroatoms. The molecule has 2 nitrogen and oxygen atoms in total. The molecule has 74 heavy (non-hydrogen) atoms. The smallest absolute Gasteiger partial charge is 0.0544 e. The summed E-state index contributed by atoms with van der Waals surface area (Å²) in [6.45, 7) is 9.51. The molecule has 2 aromatic heterocycles. The lowest BCUT2D eigenvalue weighted by atomic mass is 9.82. The Kier molecular flexibility index (Phi) is 8.33. The van der Waals surface area contributed by atoms with E-state index in [2.05, 4.69) is 267 Å². The molecular weight excluding hydrogens is 893 g/mol. The van der Waals surface area contributed by atoms with E-state index >= 15 is 0 Å². The van der Waals surface area contributed by atoms with Crippen LogP contribution in [0.15, 0.2) is 231 Å². The molecule has 0 radical (unpaired) electrons. The van der Waals surface area contributed by atoms with Crippen LogP contribution in [-0.4, -0.2) is 9.13 Å². The Hall–Kier alpha value is -8.98. The van der Waals surface area contributed by atoms with E-state index in [1.54, 1.807) is 0 Å². The van der Waals surface area contributed by atoms with Gasteiger partial charge in [-0.15, -0.1) is 0 Å². The molecule has 14 aromatic rings. The lowest BCUT2D eigenvalue weighted by Gasteiger charge is -2.21. The van der Waals surface area contributed by atoms with E-state index in [1.165, 1.54) is 154 Å². The number of nitrogens with zero attached hydrogens (tertiary/aromatic N) is 2. The average molecular weight is 943 g/mol. The summed E-state index contributed by atoms with van der Waals surface area (Å²) < 4.78 is 4.94. The van der Waals surface area contributed by atoms with Gasteiger partial charge in [0, 0.05) is 43.7 Å². The maximum absolute atomic E-state index is 2.48. The van der Waals surface area contributed by atoms with Gasteiger partial charge in [0.1, 0.15) is 0 Å². The first-order valence-electron chi connectivity index (χ1n) is 26.2. The summed E-state index contributed by atoms with van der Waals surface area (Å²) in [5.74, 6) is 0. The van der Waals surface area contributed by atoms with Crippen LogP contribution in [0.2, 0.25) is 0 Å². The lowest BCUT2D eigenvalue weighted by Crippen LogP contribution is -2.14. The molecule has 0 N–H and O–H groups in total. The van der Waals surface area contributed by atoms with Crippen molar-refractivity contribution in [3.8, 4) is 55.9 Å². The molecule has 2 aliphatic rings. The van der Waals surface area contributed by atoms with Crippen molar-refractivity contribution < 1.29 is 0 Å². The molecule has 0 aliphatic heterocycles. The maximum Gasteiger partial charge on any atom is 0.0544 e. The first-order chi connectivity index (χ1) is 36.2. The highest BCUT2D eigenvalue weighted by Gasteiger charge is 2.38. The number of hydrogen-bond donors (Lipinski definition) is 0. The molecule has 0 unspecified atom stereocenters. The van der Waals surface area contributed by atoms with Crippen LogP contribution in [0, 0.1) is 0 Å². The van der Waals surface area contributed by atoms with Crippen LogP contribution in [0.4, 0.5) is 0 Å². The van der Waals surface area contributed by atoms with E-state index in [9.17, 15) is 0 Å². The van der Waals surface area contributed by atoms with Gasteiger partial charge in [-0.05, 0) is 184 Å². The molecule has 0 fully saturated rings. The summed E-state index contributed by atoms with van der Waals surface area (Å²) in [5, 5.41) is 12.7. The highest BCUT2D eigenvalue weighted by Crippen LogP contribution is 2.53. The highest BCUT2D eigenvalue weighted by molar-refractivity contribution is 6.26. The summed E-state index contributed by atoms with van der Waals surface area (Å²) in [6, 6.07) is 87.2. The van der Waals surface area contributed by atoms with Crippen LogP contribution in [0.25, 0.3) is 132 Å². The summed E-state index contributed by atoms with van der Waals surface area (Å²) in [5.41, 5.74) is 22.9. The third kappa shape index (κ3) is 5.60. The first-order valence-corrected chi connectivity index (χ1v) is 26.2. The van der Waals surface area contributed by atoms with Gasteiger partial charge in [-0.2, -0.15) is 0 Å². The molecule has 12 aromatic carbocycles. The SMILES string of the molecule is CC1(C)c2ccccc2-c2cc3c4cc(-c5ccc6c7ccccc7c7ccc(-c8ccc9c(c8)c8cc%10c(cc8n9-c8ccccc8)C(C)(C)c8ccccc8-%10)cc7c6c5)ccc4n(-c4ccccc4)c3cc21. The van der Waals surface area contributed by atoms with Gasteiger partial charge < -0.3 is 9.13 Å². The van der Waals surface area contributed by atoms with E-state index in [4.69, 9.17) is 0 Å². The molecule has 0 saturated heterocycles. The number of para-hydroxylation sites is 2. The quantitative estimate of drug-likeness (QED) is 0.156. The van der Waals surface area contributed by atoms with Crippen molar-refractivity contribution in [2.45, 2.75) is 38.5 Å². The van der Waals surface area contributed by atoms with Gasteiger partial charge in [-0.3, -0.25) is 0 Å². The van der Waals surface area contributed by atoms with E-state index in [0.717, 1.165) is 0 Å². The number of rotatable bonds is 4. The van der Waals surface area contributed by atoms with Crippen LogP contribution in [0.5, 0.6) is 0 Å². The van der Waals surface area contributed by atoms with Gasteiger partial charge in [0.15, 0.2) is 0 Å². The first kappa shape index (κ1) is 41.6. The van der Waals surface area contributed by atoms with Crippen molar-refractivity contribution in [1.29, 1.82) is 0 Å². The van der Waals surface area contributed by atoms with Crippen molar-refractivity contribution in [2.75, 3.05) is 0 Å². The fourth-order valence-electron chi connectivity index (χ4n) is 13.8. The van der Waals surface area contributed by atoms with Crippen molar-refractivity contribution in [1.82, 2.24) is 9.13 Å². The Labute approximate surface area is 430 Å². The van der Waals surface area contributed by atoms with Gasteiger partial charge in [-0.25, -0.2) is 0 Å². The summed E-state index contributed by atoms with van der Waals surface area (Å²) in [7, 11) is 0. The Balaban J connectivity index is 0.896. The van der Waals surface area contributed by atoms with E-state index < -0.39 is 0 Å². The van der Waals surface area contributed by atoms with Crippen molar-refractivity contribution in [3.63, 3.8) is 0 Å². The zero-order valence-electron chi connectivity index (χ0n) is 41.8. The third-order valence-corrected chi connectivity index (χ3v) is 17.5. The van der Waals surface area contributed by atoms with Gasteiger partial charge in [0.25, 0.3) is 0 Å². The van der Waals surface area contributed by atoms with Crippen LogP contribution in [0.3, 0.4) is 0 Å². The van der Waals surface area contributed by atoms with E-state index in [0.29, 0.717) is 0 Å². The fourth-order valence-corrected chi connectivity index (χ4v) is 13.8. The lowest BCUT2D eigenvalue weighted by molar-refractivity contribution is 0.661. The number of hydrogen-bond acceptors (Lipinski definition) is 0. The van der Waals surface area contributed by atoms with E-state index in [1.807, 2.05) is 0 Å². The third-order valence-electron chi connectivity index (χ3n) is 17.5. The number of benzene rings is 12. The van der Waals surface area contributed by atoms with Gasteiger partial charge in [0.05, 0.1) is 22.1 Å². The van der Waals surface area contributed by atoms with Crippen LogP contribution < -0.4 is 0 Å². The van der Waals surface area contributed by atoms with Crippen molar-refractivity contribution in [2.24, 2.45) is 0 Å². The second-order valence-electron chi connectivity index (χ2n) is 22.0. The van der Waals surface area contributed by atoms with Crippen LogP contribution >= 0.6 is 0 Å². The van der Waals surface area contributed by atoms with Crippen LogP contribution in [-0.2, 0) is 10.8 Å². The normalized spacial score (nSPS) is 14.2. The second-order valence-corrected chi connectivity index (χ2v) is 22.0. The maximum atomic E-state index is 2.48. The summed E-state index contributed by atoms with van der Waals surface area (Å²) in [6.07, 6.45) is 0. The van der Waals surface area contributed by atoms with Gasteiger partial charge in [0.2, 0.25) is 0 Å². The molecule has 348 valence electrons. The van der Waals surface area contributed by atoms with Gasteiger partial charge >= 0.3 is 0 Å². The number of fused-ring (bicyclic) bond motifs is 18. The zero-order chi connectivity index (χ0) is 49.2. The molecule has 0 amide bonds. The molecule has 0 bridgehead atoms.